The first-order chi connectivity index (χ1) is 29.9. The predicted molar refractivity (Wildman–Crippen MR) is 232 cm³/mol. The summed E-state index contributed by atoms with van der Waals surface area (Å²) in [6, 6.07) is 18.8. The number of ether oxygens (including phenoxy) is 3. The van der Waals surface area contributed by atoms with Crippen LogP contribution in [0.4, 0.5) is 23.7 Å². The number of aliphatic hydroxyl groups excluding tert-OH is 3. The molecule has 0 spiro atoms. The van der Waals surface area contributed by atoms with E-state index < -0.39 is 47.7 Å². The molecule has 1 fully saturated rings. The Morgan fingerprint density at radius 1 is 0.937 bits per heavy atom. The predicted octanol–water partition coefficient (Wildman–Crippen LogP) is 8.48. The molecular weight excluding hydrogens is 820 g/mol. The molecule has 0 saturated heterocycles. The average molecular weight is 878 g/mol. The molecule has 340 valence electrons. The fraction of sp³-hybridized carbons (Fsp3) is 0.458. The lowest BCUT2D eigenvalue weighted by molar-refractivity contribution is -0.145. The van der Waals surface area contributed by atoms with E-state index in [4.69, 9.17) is 14.2 Å². The number of carbonyl (C=O) groups is 3. The zero-order chi connectivity index (χ0) is 45.7. The number of nitrogens with zero attached hydrogens (tertiary/aromatic N) is 1. The molecule has 2 amide bonds. The summed E-state index contributed by atoms with van der Waals surface area (Å²) < 4.78 is 55.5. The third-order valence-electron chi connectivity index (χ3n) is 11.1. The number of anilines is 1. The van der Waals surface area contributed by atoms with Crippen molar-refractivity contribution in [2.75, 3.05) is 18.5 Å². The highest BCUT2D eigenvalue weighted by Crippen LogP contribution is 2.40. The van der Waals surface area contributed by atoms with Crippen molar-refractivity contribution in [1.29, 1.82) is 0 Å². The number of fused-ring (bicyclic) bond motifs is 1. The summed E-state index contributed by atoms with van der Waals surface area (Å²) in [7, 11) is 0. The van der Waals surface area contributed by atoms with E-state index in [1.807, 2.05) is 30.4 Å². The second kappa shape index (κ2) is 22.2. The topological polar surface area (TPSA) is 177 Å². The second-order valence-corrected chi connectivity index (χ2v) is 17.2. The van der Waals surface area contributed by atoms with Crippen LogP contribution < -0.4 is 15.4 Å². The van der Waals surface area contributed by atoms with E-state index in [0.29, 0.717) is 42.5 Å². The molecule has 1 saturated carbocycles. The first-order valence-corrected chi connectivity index (χ1v) is 21.2. The van der Waals surface area contributed by atoms with E-state index in [2.05, 4.69) is 15.6 Å². The quantitative estimate of drug-likeness (QED) is 0.0349. The van der Waals surface area contributed by atoms with E-state index in [1.54, 1.807) is 70.4 Å². The molecule has 0 aliphatic heterocycles. The van der Waals surface area contributed by atoms with Gasteiger partial charge in [0.1, 0.15) is 24.6 Å². The van der Waals surface area contributed by atoms with Gasteiger partial charge in [0.05, 0.1) is 29.8 Å². The molecular formula is C48H58F3N3O9. The van der Waals surface area contributed by atoms with Gasteiger partial charge in [0.2, 0.25) is 5.91 Å². The highest BCUT2D eigenvalue weighted by atomic mass is 19.4. The van der Waals surface area contributed by atoms with Crippen molar-refractivity contribution in [1.82, 2.24) is 10.3 Å². The van der Waals surface area contributed by atoms with Crippen molar-refractivity contribution >= 4 is 34.4 Å². The van der Waals surface area contributed by atoms with E-state index in [1.165, 1.54) is 12.1 Å². The number of allylic oxidation sites excluding steroid dienone is 2. The Balaban J connectivity index is 1.06. The fourth-order valence-electron chi connectivity index (χ4n) is 7.60. The monoisotopic (exact) mass is 877 g/mol. The Kier molecular flexibility index (Phi) is 17.1. The van der Waals surface area contributed by atoms with Crippen LogP contribution in [0.1, 0.15) is 88.8 Å². The summed E-state index contributed by atoms with van der Waals surface area (Å²) in [5, 5.41) is 39.7. The van der Waals surface area contributed by atoms with Crippen LogP contribution in [-0.2, 0) is 31.8 Å². The number of rotatable bonds is 19. The van der Waals surface area contributed by atoms with Crippen molar-refractivity contribution in [3.63, 3.8) is 0 Å². The van der Waals surface area contributed by atoms with Crippen LogP contribution in [-0.4, -0.2) is 75.3 Å². The number of aromatic nitrogens is 1. The summed E-state index contributed by atoms with van der Waals surface area (Å²) >= 11 is 0. The molecule has 5 rings (SSSR count). The number of hydrogen-bond acceptors (Lipinski definition) is 10. The largest absolute Gasteiger partial charge is 0.491 e. The molecule has 3 aromatic carbocycles. The van der Waals surface area contributed by atoms with Gasteiger partial charge in [0.15, 0.2) is 0 Å². The summed E-state index contributed by atoms with van der Waals surface area (Å²) in [5.41, 5.74) is 0.374. The van der Waals surface area contributed by atoms with Crippen molar-refractivity contribution in [2.24, 2.45) is 17.8 Å². The smallest absolute Gasteiger partial charge is 0.416 e. The number of esters is 1. The Hall–Kier alpha value is -5.51. The molecule has 1 aromatic heterocycles. The number of hydrogen-bond donors (Lipinski definition) is 5. The Morgan fingerprint density at radius 2 is 1.68 bits per heavy atom. The van der Waals surface area contributed by atoms with Gasteiger partial charge in [-0.3, -0.25) is 14.6 Å². The lowest BCUT2D eigenvalue weighted by atomic mass is 9.82. The second-order valence-electron chi connectivity index (χ2n) is 17.2. The normalized spacial score (nSPS) is 19.3. The minimum Gasteiger partial charge on any atom is -0.491 e. The van der Waals surface area contributed by atoms with E-state index in [0.717, 1.165) is 22.9 Å². The third-order valence-corrected chi connectivity index (χ3v) is 11.1. The van der Waals surface area contributed by atoms with E-state index in [-0.39, 0.29) is 68.0 Å². The van der Waals surface area contributed by atoms with Crippen LogP contribution in [0.5, 0.6) is 5.75 Å². The zero-order valence-electron chi connectivity index (χ0n) is 36.0. The molecule has 1 aliphatic rings. The number of aliphatic hydroxyl groups is 3. The summed E-state index contributed by atoms with van der Waals surface area (Å²) in [6.45, 7) is 6.80. The molecule has 1 aliphatic carbocycles. The summed E-state index contributed by atoms with van der Waals surface area (Å²) in [6.07, 6.45) is 1.91. The molecule has 0 radical (unpaired) electrons. The van der Waals surface area contributed by atoms with Crippen molar-refractivity contribution in [2.45, 2.75) is 109 Å². The van der Waals surface area contributed by atoms with Crippen LogP contribution in [0.15, 0.2) is 97.3 Å². The van der Waals surface area contributed by atoms with Gasteiger partial charge >= 0.3 is 18.2 Å². The maximum atomic E-state index is 13.6. The highest BCUT2D eigenvalue weighted by molar-refractivity contribution is 5.98. The Morgan fingerprint density at radius 3 is 2.41 bits per heavy atom. The minimum atomic E-state index is -4.52. The number of halogens is 3. The van der Waals surface area contributed by atoms with Crippen LogP contribution in [0.2, 0.25) is 0 Å². The van der Waals surface area contributed by atoms with Gasteiger partial charge in [-0.25, -0.2) is 4.79 Å². The third kappa shape index (κ3) is 15.1. The zero-order valence-corrected chi connectivity index (χ0v) is 36.0. The van der Waals surface area contributed by atoms with E-state index >= 15 is 0 Å². The number of unbranched alkanes of at least 4 members (excludes halogenated alkanes) is 1. The number of benzene rings is 3. The summed E-state index contributed by atoms with van der Waals surface area (Å²) in [5.74, 6) is -2.43. The van der Waals surface area contributed by atoms with Crippen molar-refractivity contribution in [3.8, 4) is 5.75 Å². The molecule has 12 nitrogen and oxygen atoms in total. The number of alkyl carbamates (subject to hydrolysis) is 1. The van der Waals surface area contributed by atoms with Gasteiger partial charge in [-0.15, -0.1) is 0 Å². The molecule has 7 atom stereocenters. The molecule has 15 heteroatoms. The van der Waals surface area contributed by atoms with Crippen LogP contribution in [0, 0.1) is 17.8 Å². The van der Waals surface area contributed by atoms with Gasteiger partial charge < -0.3 is 40.2 Å². The van der Waals surface area contributed by atoms with Gasteiger partial charge in [0.25, 0.3) is 0 Å². The molecule has 63 heavy (non-hydrogen) atoms. The average Bonchev–Trinajstić information content (AvgIpc) is 3.49. The molecule has 5 N–H and O–H groups in total. The molecule has 4 aromatic rings. The number of amides is 2. The maximum absolute atomic E-state index is 13.6. The van der Waals surface area contributed by atoms with Gasteiger partial charge in [-0.2, -0.15) is 13.2 Å². The van der Waals surface area contributed by atoms with Gasteiger partial charge in [-0.1, -0.05) is 55.5 Å². The molecule has 0 bridgehead atoms. The maximum Gasteiger partial charge on any atom is 0.416 e. The summed E-state index contributed by atoms with van der Waals surface area (Å²) in [4.78, 5) is 42.8. The number of nitrogens with one attached hydrogen (secondary N) is 2. The minimum absolute atomic E-state index is 0.00744. The fourth-order valence-corrected chi connectivity index (χ4v) is 7.60. The van der Waals surface area contributed by atoms with Gasteiger partial charge in [0, 0.05) is 36.4 Å². The standard InChI is InChI=1S/C48H58F3N3O9/c1-30(43(57)29-61-37-11-9-10-35(24-37)48(49,50)51)22-39-38(41(55)25-42(39)56)12-7-5-6-8-13-44(58)62-28-31-14-16-32(17-15-31)40(27-53-46(60)63-47(2,3)4)45(59)54-36-19-18-34-26-52-21-20-33(34)23-36/h5,7,9-11,14-21,23-24,26,30,38-43,55-57H,6,8,12-13,22,25,27-29H2,1-4H3,(H,53,60)(H,54,59)/b7-5-/t30?,38?,39-,40?,41+,42-,43+/m1/s1. The lowest BCUT2D eigenvalue weighted by Crippen LogP contribution is -2.37. The Labute approximate surface area is 365 Å². The number of carbonyl (C=O) groups excluding carboxylic acids is 3. The van der Waals surface area contributed by atoms with Crippen LogP contribution >= 0.6 is 0 Å². The molecule has 1 heterocycles. The SMILES string of the molecule is CC(C[C@@H]1C(C/C=C\CCCC(=O)OCc2ccc(C(CNC(=O)OC(C)(C)C)C(=O)Nc3ccc4cnccc4c3)cc2)[C@@H](O)C[C@H]1O)[C@@H](O)COc1cccc(C(F)(F)F)c1. The molecule has 3 unspecified atom stereocenters. The van der Waals surface area contributed by atoms with Crippen molar-refractivity contribution in [3.05, 3.63) is 114 Å². The number of pyridine rings is 1. The van der Waals surface area contributed by atoms with Crippen molar-refractivity contribution < 1.29 is 57.1 Å². The van der Waals surface area contributed by atoms with Crippen LogP contribution in [0.3, 0.4) is 0 Å². The van der Waals surface area contributed by atoms with E-state index in [9.17, 15) is 42.9 Å². The van der Waals surface area contributed by atoms with Gasteiger partial charge in [-0.05, 0) is 124 Å². The number of alkyl halides is 3. The first kappa shape index (κ1) is 48.5. The lowest BCUT2D eigenvalue weighted by Gasteiger charge is -2.28. The highest BCUT2D eigenvalue weighted by Gasteiger charge is 2.42. The van der Waals surface area contributed by atoms with Crippen LogP contribution in [0.25, 0.3) is 10.8 Å². The Bertz CT molecular complexity index is 2160. The first-order valence-electron chi connectivity index (χ1n) is 21.2.